The third kappa shape index (κ3) is 8.57. The summed E-state index contributed by atoms with van der Waals surface area (Å²) in [5.74, 6) is 0. The monoisotopic (exact) mass is 389 g/mol. The van der Waals surface area contributed by atoms with E-state index < -0.39 is 0 Å². The minimum atomic E-state index is 0. The Hall–Kier alpha value is -1.24. The van der Waals surface area contributed by atoms with Gasteiger partial charge in [-0.25, -0.2) is 0 Å². The van der Waals surface area contributed by atoms with Gasteiger partial charge in [0.2, 0.25) is 0 Å². The van der Waals surface area contributed by atoms with E-state index in [1.54, 1.807) is 0 Å². The molecule has 0 aliphatic carbocycles. The van der Waals surface area contributed by atoms with Gasteiger partial charge >= 0.3 is 32.7 Å². The quantitative estimate of drug-likeness (QED) is 0.498. The van der Waals surface area contributed by atoms with E-state index in [2.05, 4.69) is 62.4 Å². The van der Waals surface area contributed by atoms with Crippen LogP contribution in [0.25, 0.3) is 0 Å². The molecule has 1 heteroatoms. The van der Waals surface area contributed by atoms with E-state index in [9.17, 15) is 0 Å². The number of hydrogen-bond acceptors (Lipinski definition) is 0. The van der Waals surface area contributed by atoms with Crippen LogP contribution in [0.15, 0.2) is 72.8 Å². The number of rotatable bonds is 4. The summed E-state index contributed by atoms with van der Waals surface area (Å²) in [6.07, 6.45) is 3.54. The van der Waals surface area contributed by atoms with Gasteiger partial charge in [-0.2, -0.15) is 71.8 Å². The molecule has 0 bridgehead atoms. The van der Waals surface area contributed by atoms with Crippen molar-refractivity contribution in [3.63, 3.8) is 0 Å². The summed E-state index contributed by atoms with van der Waals surface area (Å²) in [5.41, 5.74) is 5.47. The molecular formula is C23H24Y+. The van der Waals surface area contributed by atoms with Gasteiger partial charge in [-0.1, -0.05) is 43.2 Å². The predicted octanol–water partition coefficient (Wildman–Crippen LogP) is 5.76. The first kappa shape index (κ1) is 20.8. The maximum atomic E-state index is 3.05. The average Bonchev–Trinajstić information content (AvgIpc) is 2.59. The molecule has 0 aromatic heterocycles. The molecular weight excluding hydrogens is 365 g/mol. The summed E-state index contributed by atoms with van der Waals surface area (Å²) >= 11 is 0. The van der Waals surface area contributed by atoms with Crippen molar-refractivity contribution in [2.45, 2.75) is 33.1 Å². The first-order chi connectivity index (χ1) is 11.2. The third-order valence-electron chi connectivity index (χ3n) is 3.72. The van der Waals surface area contributed by atoms with Crippen molar-refractivity contribution in [3.05, 3.63) is 107 Å². The summed E-state index contributed by atoms with van der Waals surface area (Å²) in [6.45, 7) is 4.19. The summed E-state index contributed by atoms with van der Waals surface area (Å²) < 4.78 is 0. The zero-order valence-corrected chi connectivity index (χ0v) is 17.5. The largest absolute Gasteiger partial charge is 3.00 e. The number of hydrogen-bond donors (Lipinski definition) is 0. The van der Waals surface area contributed by atoms with E-state index in [0.29, 0.717) is 0 Å². The second-order valence-corrected chi connectivity index (χ2v) is 5.82. The van der Waals surface area contributed by atoms with Crippen LogP contribution in [0, 0.1) is 26.0 Å². The fourth-order valence-corrected chi connectivity index (χ4v) is 2.31. The Morgan fingerprint density at radius 3 is 1.46 bits per heavy atom. The number of benzene rings is 3. The Labute approximate surface area is 172 Å². The van der Waals surface area contributed by atoms with Crippen molar-refractivity contribution in [1.29, 1.82) is 0 Å². The van der Waals surface area contributed by atoms with Gasteiger partial charge in [-0.3, -0.25) is 0 Å². The summed E-state index contributed by atoms with van der Waals surface area (Å²) in [6, 6.07) is 31.0. The Kier molecular flexibility index (Phi) is 10.6. The smallest absolute Gasteiger partial charge is 0.184 e. The molecule has 24 heavy (non-hydrogen) atoms. The van der Waals surface area contributed by atoms with Gasteiger partial charge < -0.3 is 0 Å². The summed E-state index contributed by atoms with van der Waals surface area (Å²) in [5, 5.41) is 0. The van der Waals surface area contributed by atoms with Crippen LogP contribution in [0.4, 0.5) is 0 Å². The van der Waals surface area contributed by atoms with Crippen LogP contribution >= 0.6 is 0 Å². The van der Waals surface area contributed by atoms with Crippen molar-refractivity contribution >= 4 is 0 Å². The normalized spacial score (nSPS) is 9.42. The van der Waals surface area contributed by atoms with Gasteiger partial charge in [0.05, 0.1) is 0 Å². The van der Waals surface area contributed by atoms with E-state index >= 15 is 0 Å². The molecule has 0 aliphatic heterocycles. The molecule has 3 aromatic carbocycles. The third-order valence-corrected chi connectivity index (χ3v) is 3.72. The second-order valence-electron chi connectivity index (χ2n) is 5.82. The van der Waals surface area contributed by atoms with Crippen LogP contribution in [-0.2, 0) is 45.6 Å². The zero-order chi connectivity index (χ0) is 16.3. The molecule has 0 aliphatic rings. The minimum Gasteiger partial charge on any atom is -0.184 e. The minimum absolute atomic E-state index is 0. The van der Waals surface area contributed by atoms with Gasteiger partial charge in [-0.15, -0.1) is 0 Å². The Balaban J connectivity index is 0.000000304. The number of aryl methyl sites for hydroxylation is 4. The van der Waals surface area contributed by atoms with Crippen molar-refractivity contribution in [2.24, 2.45) is 0 Å². The molecule has 0 fully saturated rings. The first-order valence-corrected chi connectivity index (χ1v) is 8.17. The Morgan fingerprint density at radius 1 is 0.583 bits per heavy atom. The zero-order valence-electron chi connectivity index (χ0n) is 14.6. The average molecular weight is 389 g/mol. The predicted molar refractivity (Wildman–Crippen MR) is 98.5 cm³/mol. The van der Waals surface area contributed by atoms with Crippen molar-refractivity contribution in [1.82, 2.24) is 0 Å². The van der Waals surface area contributed by atoms with Crippen molar-refractivity contribution < 1.29 is 32.7 Å². The molecule has 0 spiro atoms. The van der Waals surface area contributed by atoms with Gasteiger partial charge in [0.15, 0.2) is 0 Å². The maximum Gasteiger partial charge on any atom is 3.00 e. The van der Waals surface area contributed by atoms with Gasteiger partial charge in [0.1, 0.15) is 0 Å². The van der Waals surface area contributed by atoms with E-state index in [1.807, 2.05) is 36.4 Å². The summed E-state index contributed by atoms with van der Waals surface area (Å²) in [4.78, 5) is 0. The van der Waals surface area contributed by atoms with Crippen LogP contribution < -0.4 is 0 Å². The molecule has 0 radical (unpaired) electrons. The van der Waals surface area contributed by atoms with Crippen molar-refractivity contribution in [3.8, 4) is 0 Å². The van der Waals surface area contributed by atoms with Crippen molar-refractivity contribution in [2.75, 3.05) is 0 Å². The molecule has 3 aromatic rings. The molecule has 0 nitrogen and oxygen atoms in total. The van der Waals surface area contributed by atoms with Crippen LogP contribution in [-0.4, -0.2) is 0 Å². The van der Waals surface area contributed by atoms with E-state index in [1.165, 1.54) is 35.1 Å². The van der Waals surface area contributed by atoms with Crippen LogP contribution in [0.1, 0.15) is 28.7 Å². The standard InChI is InChI=1S/C16H17.C7H7.Y/c1-14-10-12-16(13-11-14)9-5-8-15-6-3-2-4-7-15;1-7-5-3-2-4-6-7;/h3-4,6-7,10-13H,5,8-9H2,1H3;3-6H,1H3;/q2*-1;+3. The van der Waals surface area contributed by atoms with Crippen LogP contribution in [0.2, 0.25) is 0 Å². The molecule has 0 unspecified atom stereocenters. The first-order valence-electron chi connectivity index (χ1n) is 8.17. The van der Waals surface area contributed by atoms with E-state index in [0.717, 1.165) is 6.42 Å². The SMILES string of the molecule is Cc1cc[c-]cc1.Cc1ccc(CCCc2cc[c-]cc2)cc1.[Y+3]. The molecule has 118 valence electrons. The fraction of sp³-hybridized carbons (Fsp3) is 0.217. The van der Waals surface area contributed by atoms with E-state index in [4.69, 9.17) is 0 Å². The molecule has 0 saturated carbocycles. The van der Waals surface area contributed by atoms with Crippen LogP contribution in [0.3, 0.4) is 0 Å². The summed E-state index contributed by atoms with van der Waals surface area (Å²) in [7, 11) is 0. The molecule has 3 rings (SSSR count). The van der Waals surface area contributed by atoms with Gasteiger partial charge in [0.25, 0.3) is 0 Å². The Morgan fingerprint density at radius 2 is 1.00 bits per heavy atom. The van der Waals surface area contributed by atoms with Gasteiger partial charge in [0, 0.05) is 0 Å². The second kappa shape index (κ2) is 12.2. The molecule has 0 amide bonds. The fourth-order valence-electron chi connectivity index (χ4n) is 2.31. The molecule has 0 heterocycles. The van der Waals surface area contributed by atoms with E-state index in [-0.39, 0.29) is 32.7 Å². The molecule has 0 N–H and O–H groups in total. The molecule has 0 atom stereocenters. The molecule has 0 saturated heterocycles. The van der Waals surface area contributed by atoms with Gasteiger partial charge in [-0.05, 0) is 25.3 Å². The Bertz CT molecular complexity index is 657. The topological polar surface area (TPSA) is 0 Å². The van der Waals surface area contributed by atoms with Crippen LogP contribution in [0.5, 0.6) is 0 Å². The maximum absolute atomic E-state index is 3.05.